The van der Waals surface area contributed by atoms with E-state index in [4.69, 9.17) is 8.83 Å². The SMILES string of the molecule is CCCCCCCCCCCCc1ccc(-c2cc3cc4sc5cc6cc(-c7ccc(CCCCCCCCCCCC)s7)oc6cc5c4cc3o2)s1. The van der Waals surface area contributed by atoms with E-state index < -0.39 is 0 Å². The number of benzene rings is 2. The summed E-state index contributed by atoms with van der Waals surface area (Å²) in [6.45, 7) is 4.59. The number of furan rings is 2. The molecule has 2 nitrogen and oxygen atoms in total. The summed E-state index contributed by atoms with van der Waals surface area (Å²) in [5.41, 5.74) is 1.93. The van der Waals surface area contributed by atoms with Crippen LogP contribution in [-0.2, 0) is 12.8 Å². The number of aryl methyl sites for hydroxylation is 2. The van der Waals surface area contributed by atoms with Crippen molar-refractivity contribution in [1.82, 2.24) is 0 Å². The van der Waals surface area contributed by atoms with E-state index in [1.54, 1.807) is 0 Å². The number of fused-ring (bicyclic) bond motifs is 5. The average molecular weight is 765 g/mol. The highest BCUT2D eigenvalue weighted by molar-refractivity contribution is 7.26. The summed E-state index contributed by atoms with van der Waals surface area (Å²) in [4.78, 5) is 5.42. The first kappa shape index (κ1) is 38.4. The average Bonchev–Trinajstić information content (AvgIpc) is 4.01. The molecular formula is C48H60O2S3. The van der Waals surface area contributed by atoms with Crippen LogP contribution in [0.15, 0.2) is 69.5 Å². The minimum Gasteiger partial charge on any atom is -0.455 e. The Morgan fingerprint density at radius 2 is 0.774 bits per heavy atom. The molecule has 0 atom stereocenters. The molecule has 0 fully saturated rings. The zero-order valence-electron chi connectivity index (χ0n) is 32.4. The van der Waals surface area contributed by atoms with Gasteiger partial charge in [0.25, 0.3) is 0 Å². The number of thiophene rings is 3. The topological polar surface area (TPSA) is 26.3 Å². The van der Waals surface area contributed by atoms with Crippen LogP contribution in [0.1, 0.15) is 152 Å². The minimum absolute atomic E-state index is 0.964. The van der Waals surface area contributed by atoms with E-state index in [2.05, 4.69) is 74.5 Å². The summed E-state index contributed by atoms with van der Waals surface area (Å²) in [6.07, 6.45) is 30.0. The van der Waals surface area contributed by atoms with Crippen molar-refractivity contribution in [3.8, 4) is 21.3 Å². The molecule has 282 valence electrons. The van der Waals surface area contributed by atoms with Crippen molar-refractivity contribution in [3.05, 3.63) is 70.4 Å². The predicted octanol–water partition coefficient (Wildman–Crippen LogP) is 17.9. The Balaban J connectivity index is 0.933. The Morgan fingerprint density at radius 1 is 0.396 bits per heavy atom. The molecule has 0 amide bonds. The van der Waals surface area contributed by atoms with Gasteiger partial charge in [-0.3, -0.25) is 0 Å². The maximum absolute atomic E-state index is 6.51. The van der Waals surface area contributed by atoms with E-state index in [1.807, 2.05) is 34.0 Å². The van der Waals surface area contributed by atoms with Gasteiger partial charge in [0, 0.05) is 40.7 Å². The van der Waals surface area contributed by atoms with Crippen LogP contribution in [-0.4, -0.2) is 0 Å². The summed E-state index contributed by atoms with van der Waals surface area (Å²) in [6, 6.07) is 22.7. The molecule has 7 aromatic rings. The molecule has 0 aliphatic heterocycles. The zero-order chi connectivity index (χ0) is 36.2. The third-order valence-corrected chi connectivity index (χ3v) is 14.5. The molecule has 0 saturated carbocycles. The molecule has 5 heteroatoms. The molecule has 2 aromatic carbocycles. The van der Waals surface area contributed by atoms with Crippen LogP contribution < -0.4 is 0 Å². The summed E-state index contributed by atoms with van der Waals surface area (Å²) in [7, 11) is 0. The third kappa shape index (κ3) is 10.3. The standard InChI is InChI=1S/C48H60O2S3/c1-3-5-7-9-11-13-15-17-19-21-23-37-25-27-45(51-37)43-29-35-31-47-39(33-41(35)49-43)40-34-42-36(32-48(40)53-47)30-44(50-42)46-28-26-38(52-46)24-22-20-18-16-14-12-10-8-6-4-2/h25-34H,3-24H2,1-2H3. The highest BCUT2D eigenvalue weighted by atomic mass is 32.1. The Kier molecular flexibility index (Phi) is 14.2. The van der Waals surface area contributed by atoms with Crippen LogP contribution in [0.4, 0.5) is 0 Å². The molecule has 0 bridgehead atoms. The maximum Gasteiger partial charge on any atom is 0.145 e. The number of hydrogen-bond donors (Lipinski definition) is 0. The summed E-state index contributed by atoms with van der Waals surface area (Å²) < 4.78 is 15.6. The van der Waals surface area contributed by atoms with Crippen LogP contribution in [0.25, 0.3) is 63.4 Å². The van der Waals surface area contributed by atoms with Crippen LogP contribution in [0.2, 0.25) is 0 Å². The second-order valence-corrected chi connectivity index (χ2v) is 18.9. The van der Waals surface area contributed by atoms with Crippen molar-refractivity contribution in [3.63, 3.8) is 0 Å². The van der Waals surface area contributed by atoms with Crippen molar-refractivity contribution in [2.75, 3.05) is 0 Å². The second kappa shape index (κ2) is 19.6. The Bertz CT molecular complexity index is 2000. The molecule has 53 heavy (non-hydrogen) atoms. The summed E-state index contributed by atoms with van der Waals surface area (Å²) in [5, 5.41) is 4.86. The lowest BCUT2D eigenvalue weighted by Gasteiger charge is -2.01. The number of unbranched alkanes of at least 4 members (excludes halogenated alkanes) is 18. The molecule has 0 aliphatic rings. The summed E-state index contributed by atoms with van der Waals surface area (Å²) in [5.74, 6) is 1.98. The van der Waals surface area contributed by atoms with Gasteiger partial charge in [-0.25, -0.2) is 0 Å². The summed E-state index contributed by atoms with van der Waals surface area (Å²) >= 11 is 5.67. The smallest absolute Gasteiger partial charge is 0.145 e. The first-order valence-electron chi connectivity index (χ1n) is 21.2. The van der Waals surface area contributed by atoms with E-state index in [0.29, 0.717) is 0 Å². The van der Waals surface area contributed by atoms with Gasteiger partial charge in [-0.1, -0.05) is 129 Å². The van der Waals surface area contributed by atoms with Crippen LogP contribution in [0, 0.1) is 0 Å². The van der Waals surface area contributed by atoms with E-state index in [-0.39, 0.29) is 0 Å². The fourth-order valence-corrected chi connectivity index (χ4v) is 11.1. The highest BCUT2D eigenvalue weighted by Crippen LogP contribution is 2.43. The molecule has 7 rings (SSSR count). The molecule has 0 N–H and O–H groups in total. The van der Waals surface area contributed by atoms with Crippen molar-refractivity contribution >= 4 is 76.1 Å². The predicted molar refractivity (Wildman–Crippen MR) is 237 cm³/mol. The number of hydrogen-bond acceptors (Lipinski definition) is 5. The van der Waals surface area contributed by atoms with Crippen molar-refractivity contribution in [2.45, 2.75) is 155 Å². The van der Waals surface area contributed by atoms with Gasteiger partial charge < -0.3 is 8.83 Å². The van der Waals surface area contributed by atoms with E-state index >= 15 is 0 Å². The van der Waals surface area contributed by atoms with Gasteiger partial charge in [0.2, 0.25) is 0 Å². The Hall–Kier alpha value is -2.86. The maximum atomic E-state index is 6.51. The first-order valence-corrected chi connectivity index (χ1v) is 23.6. The van der Waals surface area contributed by atoms with Crippen molar-refractivity contribution in [1.29, 1.82) is 0 Å². The quantitative estimate of drug-likeness (QED) is 0.0573. The van der Waals surface area contributed by atoms with Gasteiger partial charge in [0.1, 0.15) is 22.7 Å². The number of rotatable bonds is 24. The molecule has 5 aromatic heterocycles. The fraction of sp³-hybridized carbons (Fsp3) is 0.500. The molecular weight excluding hydrogens is 705 g/mol. The van der Waals surface area contributed by atoms with Crippen LogP contribution >= 0.6 is 34.0 Å². The lowest BCUT2D eigenvalue weighted by atomic mass is 10.1. The minimum atomic E-state index is 0.964. The van der Waals surface area contributed by atoms with Crippen molar-refractivity contribution in [2.24, 2.45) is 0 Å². The molecule has 0 saturated heterocycles. The van der Waals surface area contributed by atoms with Crippen LogP contribution in [0.5, 0.6) is 0 Å². The third-order valence-electron chi connectivity index (χ3n) is 11.1. The van der Waals surface area contributed by atoms with E-state index in [9.17, 15) is 0 Å². The van der Waals surface area contributed by atoms with Gasteiger partial charge in [0.05, 0.1) is 9.75 Å². The van der Waals surface area contributed by atoms with Gasteiger partial charge in [-0.15, -0.1) is 34.0 Å². The van der Waals surface area contributed by atoms with Gasteiger partial charge in [-0.05, 0) is 86.3 Å². The molecule has 0 unspecified atom stereocenters. The first-order chi connectivity index (χ1) is 26.2. The molecule has 0 radical (unpaired) electrons. The largest absolute Gasteiger partial charge is 0.455 e. The molecule has 0 aliphatic carbocycles. The van der Waals surface area contributed by atoms with Gasteiger partial charge >= 0.3 is 0 Å². The van der Waals surface area contributed by atoms with E-state index in [0.717, 1.165) is 22.7 Å². The monoisotopic (exact) mass is 764 g/mol. The molecule has 5 heterocycles. The van der Waals surface area contributed by atoms with Gasteiger partial charge in [-0.2, -0.15) is 0 Å². The van der Waals surface area contributed by atoms with Gasteiger partial charge in [0.15, 0.2) is 0 Å². The Morgan fingerprint density at radius 3 is 1.17 bits per heavy atom. The second-order valence-electron chi connectivity index (χ2n) is 15.5. The molecule has 0 spiro atoms. The van der Waals surface area contributed by atoms with Crippen LogP contribution in [0.3, 0.4) is 0 Å². The fourth-order valence-electron chi connectivity index (χ4n) is 7.95. The lowest BCUT2D eigenvalue weighted by molar-refractivity contribution is 0.557. The van der Waals surface area contributed by atoms with Crippen molar-refractivity contribution < 1.29 is 8.83 Å². The normalized spacial score (nSPS) is 12.1. The highest BCUT2D eigenvalue weighted by Gasteiger charge is 2.16. The lowest BCUT2D eigenvalue weighted by Crippen LogP contribution is -1.84. The Labute approximate surface area is 330 Å². The van der Waals surface area contributed by atoms with E-state index in [1.165, 1.54) is 192 Å². The zero-order valence-corrected chi connectivity index (χ0v) is 34.8.